The van der Waals surface area contributed by atoms with Crippen molar-refractivity contribution >= 4 is 23.6 Å². The van der Waals surface area contributed by atoms with E-state index in [0.29, 0.717) is 35.7 Å². The summed E-state index contributed by atoms with van der Waals surface area (Å²) in [5.74, 6) is -0.0633. The van der Waals surface area contributed by atoms with Gasteiger partial charge < -0.3 is 14.2 Å². The van der Waals surface area contributed by atoms with Crippen LogP contribution in [0.15, 0.2) is 42.5 Å². The summed E-state index contributed by atoms with van der Waals surface area (Å²) in [6.07, 6.45) is 1.76. The molecule has 212 valence electrons. The van der Waals surface area contributed by atoms with Crippen LogP contribution in [0.2, 0.25) is 0 Å². The van der Waals surface area contributed by atoms with Crippen molar-refractivity contribution in [2.24, 2.45) is 0 Å². The zero-order valence-corrected chi connectivity index (χ0v) is 24.1. The number of carbonyl (C=O) groups is 2. The van der Waals surface area contributed by atoms with Crippen LogP contribution in [0, 0.1) is 5.82 Å². The highest BCUT2D eigenvalue weighted by molar-refractivity contribution is 5.96. The molecule has 1 heterocycles. The van der Waals surface area contributed by atoms with Gasteiger partial charge in [-0.05, 0) is 96.7 Å². The molecule has 0 saturated heterocycles. The van der Waals surface area contributed by atoms with E-state index in [1.54, 1.807) is 51.1 Å². The number of ether oxygens (including phenoxy) is 3. The van der Waals surface area contributed by atoms with Gasteiger partial charge in [-0.1, -0.05) is 12.1 Å². The molecule has 0 bridgehead atoms. The summed E-state index contributed by atoms with van der Waals surface area (Å²) >= 11 is 0. The Morgan fingerprint density at radius 3 is 2.20 bits per heavy atom. The molecule has 0 N–H and O–H groups in total. The lowest BCUT2D eigenvalue weighted by atomic mass is 10.1. The smallest absolute Gasteiger partial charge is 0.420 e. The average Bonchev–Trinajstić information content (AvgIpc) is 3.32. The Hall–Kier alpha value is -4.01. The summed E-state index contributed by atoms with van der Waals surface area (Å²) in [6.45, 7) is 10.8. The molecule has 0 saturated carbocycles. The van der Waals surface area contributed by atoms with Crippen LogP contribution in [0.3, 0.4) is 0 Å². The molecular formula is C31H36FN3O5. The maximum absolute atomic E-state index is 14.6. The number of aromatic nitrogens is 2. The van der Waals surface area contributed by atoms with Crippen molar-refractivity contribution in [2.75, 3.05) is 12.0 Å². The first-order chi connectivity index (χ1) is 18.7. The molecule has 0 aliphatic heterocycles. The van der Waals surface area contributed by atoms with Crippen molar-refractivity contribution in [1.29, 1.82) is 0 Å². The zero-order chi connectivity index (χ0) is 29.2. The van der Waals surface area contributed by atoms with E-state index in [-0.39, 0.29) is 18.1 Å². The summed E-state index contributed by atoms with van der Waals surface area (Å²) in [5, 5.41) is 0. The Morgan fingerprint density at radius 2 is 1.60 bits per heavy atom. The molecule has 0 radical (unpaired) electrons. The summed E-state index contributed by atoms with van der Waals surface area (Å²) in [6, 6.07) is 11.6. The van der Waals surface area contributed by atoms with E-state index in [9.17, 15) is 14.0 Å². The topological polar surface area (TPSA) is 90.8 Å². The van der Waals surface area contributed by atoms with Gasteiger partial charge in [0.2, 0.25) is 0 Å². The van der Waals surface area contributed by atoms with Gasteiger partial charge in [0.25, 0.3) is 0 Å². The quantitative estimate of drug-likeness (QED) is 0.315. The first kappa shape index (κ1) is 29.0. The summed E-state index contributed by atoms with van der Waals surface area (Å²) in [7, 11) is 1.40. The third-order valence-electron chi connectivity index (χ3n) is 6.07. The first-order valence-corrected chi connectivity index (χ1v) is 13.3. The second-order valence-electron chi connectivity index (χ2n) is 11.7. The fourth-order valence-electron chi connectivity index (χ4n) is 4.46. The molecule has 8 nitrogen and oxygen atoms in total. The molecule has 40 heavy (non-hydrogen) atoms. The monoisotopic (exact) mass is 549 g/mol. The lowest BCUT2D eigenvalue weighted by Gasteiger charge is -2.28. The van der Waals surface area contributed by atoms with E-state index < -0.39 is 23.1 Å². The van der Waals surface area contributed by atoms with Gasteiger partial charge in [-0.15, -0.1) is 0 Å². The van der Waals surface area contributed by atoms with Crippen molar-refractivity contribution in [3.05, 3.63) is 65.1 Å². The number of anilines is 2. The minimum absolute atomic E-state index is 0.0973. The Labute approximate surface area is 234 Å². The number of hydrogen-bond acceptors (Lipinski definition) is 7. The van der Waals surface area contributed by atoms with Crippen LogP contribution < -0.4 is 9.64 Å². The van der Waals surface area contributed by atoms with Gasteiger partial charge >= 0.3 is 12.1 Å². The van der Waals surface area contributed by atoms with Gasteiger partial charge in [0.05, 0.1) is 19.2 Å². The molecule has 9 heteroatoms. The predicted octanol–water partition coefficient (Wildman–Crippen LogP) is 6.74. The Morgan fingerprint density at radius 1 is 0.925 bits per heavy atom. The summed E-state index contributed by atoms with van der Waals surface area (Å²) < 4.78 is 30.8. The number of halogens is 1. The molecule has 2 aromatic carbocycles. The second-order valence-corrected chi connectivity index (χ2v) is 11.7. The van der Waals surface area contributed by atoms with Crippen LogP contribution in [0.4, 0.5) is 20.7 Å². The second kappa shape index (κ2) is 11.2. The Balaban J connectivity index is 1.77. The summed E-state index contributed by atoms with van der Waals surface area (Å²) in [4.78, 5) is 36.9. The Bertz CT molecular complexity index is 1410. The molecule has 1 aromatic heterocycles. The van der Waals surface area contributed by atoms with Crippen LogP contribution in [0.5, 0.6) is 5.75 Å². The minimum atomic E-state index is -0.760. The number of methoxy groups -OCH3 is 1. The number of fused-ring (bicyclic) bond motifs is 1. The SMILES string of the molecule is COc1ccc(-c2nc3c(c(N(C(=O)OC(C)(C)C)c4ccc(CC(=O)OC(C)(C)C)cc4)n2)CCC3)cc1F. The van der Waals surface area contributed by atoms with Crippen LogP contribution in [0.25, 0.3) is 11.4 Å². The van der Waals surface area contributed by atoms with E-state index in [2.05, 4.69) is 0 Å². The number of benzene rings is 2. The zero-order valence-electron chi connectivity index (χ0n) is 24.1. The highest BCUT2D eigenvalue weighted by atomic mass is 19.1. The minimum Gasteiger partial charge on any atom is -0.494 e. The molecule has 0 unspecified atom stereocenters. The number of hydrogen-bond donors (Lipinski definition) is 0. The van der Waals surface area contributed by atoms with Crippen molar-refractivity contribution in [3.63, 3.8) is 0 Å². The molecule has 1 amide bonds. The normalized spacial score (nSPS) is 13.0. The molecule has 1 aliphatic rings. The predicted molar refractivity (Wildman–Crippen MR) is 150 cm³/mol. The highest BCUT2D eigenvalue weighted by Gasteiger charge is 2.31. The molecule has 0 spiro atoms. The molecular weight excluding hydrogens is 513 g/mol. The number of amides is 1. The van der Waals surface area contributed by atoms with E-state index in [1.807, 2.05) is 20.8 Å². The van der Waals surface area contributed by atoms with E-state index in [1.165, 1.54) is 24.1 Å². The molecule has 1 aliphatic carbocycles. The van der Waals surface area contributed by atoms with Crippen LogP contribution in [-0.2, 0) is 33.5 Å². The maximum Gasteiger partial charge on any atom is 0.420 e. The fourth-order valence-corrected chi connectivity index (χ4v) is 4.46. The van der Waals surface area contributed by atoms with Gasteiger partial charge in [0.1, 0.15) is 17.0 Å². The van der Waals surface area contributed by atoms with Gasteiger partial charge in [-0.2, -0.15) is 0 Å². The van der Waals surface area contributed by atoms with Crippen molar-refractivity contribution in [2.45, 2.75) is 78.4 Å². The Kier molecular flexibility index (Phi) is 8.14. The number of rotatable bonds is 6. The number of aryl methyl sites for hydroxylation is 1. The lowest BCUT2D eigenvalue weighted by Crippen LogP contribution is -2.35. The van der Waals surface area contributed by atoms with Crippen molar-refractivity contribution < 1.29 is 28.2 Å². The van der Waals surface area contributed by atoms with E-state index in [4.69, 9.17) is 24.2 Å². The van der Waals surface area contributed by atoms with Gasteiger partial charge in [0, 0.05) is 16.8 Å². The average molecular weight is 550 g/mol. The standard InChI is InChI=1S/C31H36FN3O5/c1-30(2,3)39-26(36)17-19-11-14-21(15-12-19)35(29(37)40-31(4,5)6)28-22-9-8-10-24(22)33-27(34-28)20-13-16-25(38-7)23(32)18-20/h11-16,18H,8-10,17H2,1-7H3. The van der Waals surface area contributed by atoms with Crippen molar-refractivity contribution in [3.8, 4) is 17.1 Å². The molecule has 4 rings (SSSR count). The first-order valence-electron chi connectivity index (χ1n) is 13.3. The number of carbonyl (C=O) groups excluding carboxylic acids is 2. The van der Waals surface area contributed by atoms with Gasteiger partial charge in [-0.3, -0.25) is 4.79 Å². The van der Waals surface area contributed by atoms with Gasteiger partial charge in [0.15, 0.2) is 17.4 Å². The maximum atomic E-state index is 14.6. The number of esters is 1. The van der Waals surface area contributed by atoms with E-state index >= 15 is 0 Å². The van der Waals surface area contributed by atoms with E-state index in [0.717, 1.165) is 23.2 Å². The highest BCUT2D eigenvalue weighted by Crippen LogP contribution is 2.37. The number of nitrogens with zero attached hydrogens (tertiary/aromatic N) is 3. The van der Waals surface area contributed by atoms with Crippen LogP contribution >= 0.6 is 0 Å². The fraction of sp³-hybridized carbons (Fsp3) is 0.419. The van der Waals surface area contributed by atoms with Crippen LogP contribution in [0.1, 0.15) is 64.8 Å². The third-order valence-corrected chi connectivity index (χ3v) is 6.07. The molecule has 3 aromatic rings. The molecule has 0 fully saturated rings. The molecule has 0 atom stereocenters. The van der Waals surface area contributed by atoms with Crippen LogP contribution in [-0.4, -0.2) is 40.3 Å². The largest absolute Gasteiger partial charge is 0.494 e. The van der Waals surface area contributed by atoms with Gasteiger partial charge in [-0.25, -0.2) is 24.1 Å². The third kappa shape index (κ3) is 6.94. The lowest BCUT2D eigenvalue weighted by molar-refractivity contribution is -0.153. The summed E-state index contributed by atoms with van der Waals surface area (Å²) in [5.41, 5.74) is 2.04. The van der Waals surface area contributed by atoms with Crippen molar-refractivity contribution in [1.82, 2.24) is 9.97 Å².